The second-order valence-corrected chi connectivity index (χ2v) is 7.91. The minimum atomic E-state index is 0.653. The van der Waals surface area contributed by atoms with Crippen LogP contribution in [0, 0.1) is 0 Å². The number of aromatic nitrogens is 5. The molecule has 1 saturated heterocycles. The number of hydrogen-bond acceptors (Lipinski definition) is 6. The van der Waals surface area contributed by atoms with E-state index in [-0.39, 0.29) is 0 Å². The summed E-state index contributed by atoms with van der Waals surface area (Å²) in [6, 6.07) is 16.6. The number of piperazine rings is 1. The molecule has 9 nitrogen and oxygen atoms in total. The number of anilines is 5. The van der Waals surface area contributed by atoms with Crippen molar-refractivity contribution in [1.82, 2.24) is 25.5 Å². The number of fused-ring (bicyclic) bond motifs is 2. The summed E-state index contributed by atoms with van der Waals surface area (Å²) in [7, 11) is 0. The zero-order chi connectivity index (χ0) is 21.3. The van der Waals surface area contributed by atoms with Crippen LogP contribution >= 0.6 is 0 Å². The van der Waals surface area contributed by atoms with Gasteiger partial charge in [-0.2, -0.15) is 5.10 Å². The van der Waals surface area contributed by atoms with Gasteiger partial charge in [0.2, 0.25) is 11.5 Å². The SMILES string of the molecule is c1cc2c(Nc3ccc4cn[nH]c4c3)nc(Nc3ccc(N4CCNCC4)cc3)[nH+]c2[nH]1. The van der Waals surface area contributed by atoms with Gasteiger partial charge in [-0.1, -0.05) is 4.98 Å². The lowest BCUT2D eigenvalue weighted by molar-refractivity contribution is -0.333. The normalized spacial score (nSPS) is 14.2. The molecule has 0 unspecified atom stereocenters. The highest BCUT2D eigenvalue weighted by Crippen LogP contribution is 2.26. The third-order valence-electron chi connectivity index (χ3n) is 5.79. The molecule has 0 radical (unpaired) electrons. The fraction of sp³-hybridized carbons (Fsp3) is 0.174. The maximum atomic E-state index is 4.80. The Bertz CT molecular complexity index is 1360. The molecule has 3 aromatic heterocycles. The summed E-state index contributed by atoms with van der Waals surface area (Å²) < 4.78 is 0. The lowest BCUT2D eigenvalue weighted by atomic mass is 10.2. The molecular formula is C23H24N9+. The Morgan fingerprint density at radius 3 is 2.66 bits per heavy atom. The van der Waals surface area contributed by atoms with Crippen molar-refractivity contribution in [2.75, 3.05) is 41.7 Å². The number of benzene rings is 2. The van der Waals surface area contributed by atoms with Gasteiger partial charge in [0.1, 0.15) is 0 Å². The van der Waals surface area contributed by atoms with Crippen molar-refractivity contribution in [3.8, 4) is 0 Å². The molecule has 5 aromatic rings. The Balaban J connectivity index is 1.26. The Kier molecular flexibility index (Phi) is 4.58. The van der Waals surface area contributed by atoms with Crippen LogP contribution < -0.4 is 25.8 Å². The number of rotatable bonds is 5. The van der Waals surface area contributed by atoms with Crippen molar-refractivity contribution in [1.29, 1.82) is 0 Å². The maximum Gasteiger partial charge on any atom is 0.351 e. The molecule has 1 aliphatic rings. The first-order valence-corrected chi connectivity index (χ1v) is 10.8. The van der Waals surface area contributed by atoms with Crippen LogP contribution in [-0.2, 0) is 0 Å². The molecule has 0 atom stereocenters. The minimum absolute atomic E-state index is 0.653. The predicted octanol–water partition coefficient (Wildman–Crippen LogP) is 3.15. The van der Waals surface area contributed by atoms with Crippen LogP contribution in [0.4, 0.5) is 28.8 Å². The highest BCUT2D eigenvalue weighted by molar-refractivity contribution is 5.89. The van der Waals surface area contributed by atoms with Crippen LogP contribution in [-0.4, -0.2) is 46.3 Å². The van der Waals surface area contributed by atoms with Crippen molar-refractivity contribution >= 4 is 50.8 Å². The van der Waals surface area contributed by atoms with Gasteiger partial charge in [-0.05, 0) is 48.5 Å². The Morgan fingerprint density at radius 1 is 0.938 bits per heavy atom. The van der Waals surface area contributed by atoms with Crippen LogP contribution in [0.15, 0.2) is 60.9 Å². The molecule has 160 valence electrons. The monoisotopic (exact) mass is 426 g/mol. The summed E-state index contributed by atoms with van der Waals surface area (Å²) in [6.45, 7) is 4.12. The van der Waals surface area contributed by atoms with Crippen LogP contribution in [0.3, 0.4) is 0 Å². The van der Waals surface area contributed by atoms with Gasteiger partial charge in [-0.15, -0.1) is 0 Å². The number of hydrogen-bond donors (Lipinski definition) is 5. The number of nitrogens with one attached hydrogen (secondary N) is 6. The van der Waals surface area contributed by atoms with E-state index < -0.39 is 0 Å². The van der Waals surface area contributed by atoms with E-state index in [1.165, 1.54) is 5.69 Å². The van der Waals surface area contributed by atoms with E-state index in [9.17, 15) is 0 Å². The Morgan fingerprint density at radius 2 is 1.78 bits per heavy atom. The summed E-state index contributed by atoms with van der Waals surface area (Å²) in [4.78, 5) is 13.8. The van der Waals surface area contributed by atoms with Gasteiger partial charge < -0.3 is 15.5 Å². The van der Waals surface area contributed by atoms with Gasteiger partial charge in [0.05, 0.1) is 22.8 Å². The van der Waals surface area contributed by atoms with Crippen molar-refractivity contribution < 1.29 is 4.98 Å². The second-order valence-electron chi connectivity index (χ2n) is 7.91. The number of aromatic amines is 3. The van der Waals surface area contributed by atoms with Gasteiger partial charge in [-0.3, -0.25) is 15.4 Å². The molecule has 9 heteroatoms. The maximum absolute atomic E-state index is 4.80. The van der Waals surface area contributed by atoms with Gasteiger partial charge in [-0.25, -0.2) is 4.98 Å². The highest BCUT2D eigenvalue weighted by Gasteiger charge is 2.16. The average molecular weight is 427 g/mol. The molecule has 0 spiro atoms. The molecule has 6 N–H and O–H groups in total. The second kappa shape index (κ2) is 7.86. The summed E-state index contributed by atoms with van der Waals surface area (Å²) in [5.74, 6) is 1.42. The summed E-state index contributed by atoms with van der Waals surface area (Å²) in [6.07, 6.45) is 3.72. The first-order chi connectivity index (χ1) is 15.8. The van der Waals surface area contributed by atoms with Gasteiger partial charge >= 0.3 is 5.95 Å². The van der Waals surface area contributed by atoms with Gasteiger partial charge in [0.25, 0.3) is 0 Å². The van der Waals surface area contributed by atoms with Crippen molar-refractivity contribution in [3.63, 3.8) is 0 Å². The molecule has 32 heavy (non-hydrogen) atoms. The quantitative estimate of drug-likeness (QED) is 0.295. The van der Waals surface area contributed by atoms with E-state index in [4.69, 9.17) is 4.98 Å². The van der Waals surface area contributed by atoms with Crippen LogP contribution in [0.25, 0.3) is 21.9 Å². The standard InChI is InChI=1S/C23H23N9/c1-2-17(13-20-15(1)14-26-31-20)27-22-19-7-8-25-21(19)29-23(30-22)28-16-3-5-18(6-4-16)32-11-9-24-10-12-32/h1-8,13-14,24H,9-12H2,(H,26,31)(H3,25,27,28,29,30)/p+1. The lowest BCUT2D eigenvalue weighted by Gasteiger charge is -2.29. The van der Waals surface area contributed by atoms with E-state index in [2.05, 4.69) is 65.3 Å². The molecule has 2 aromatic carbocycles. The fourth-order valence-electron chi connectivity index (χ4n) is 4.11. The highest BCUT2D eigenvalue weighted by atomic mass is 15.2. The lowest BCUT2D eigenvalue weighted by Crippen LogP contribution is -2.43. The van der Waals surface area contributed by atoms with E-state index in [0.717, 1.165) is 65.3 Å². The van der Waals surface area contributed by atoms with E-state index in [0.29, 0.717) is 5.95 Å². The zero-order valence-electron chi connectivity index (χ0n) is 17.4. The summed E-state index contributed by atoms with van der Waals surface area (Å²) >= 11 is 0. The zero-order valence-corrected chi connectivity index (χ0v) is 17.4. The van der Waals surface area contributed by atoms with E-state index >= 15 is 0 Å². The Hall–Kier alpha value is -4.11. The third-order valence-corrected chi connectivity index (χ3v) is 5.79. The average Bonchev–Trinajstić information content (AvgIpc) is 3.49. The molecule has 1 fully saturated rings. The largest absolute Gasteiger partial charge is 0.369 e. The molecule has 6 rings (SSSR count). The van der Waals surface area contributed by atoms with E-state index in [1.54, 1.807) is 0 Å². The predicted molar refractivity (Wildman–Crippen MR) is 127 cm³/mol. The minimum Gasteiger partial charge on any atom is -0.369 e. The number of H-pyrrole nitrogens is 3. The summed E-state index contributed by atoms with van der Waals surface area (Å²) in [5, 5.41) is 19.4. The van der Waals surface area contributed by atoms with Crippen molar-refractivity contribution in [2.45, 2.75) is 0 Å². The molecule has 4 heterocycles. The smallest absolute Gasteiger partial charge is 0.351 e. The van der Waals surface area contributed by atoms with Crippen molar-refractivity contribution in [3.05, 3.63) is 60.9 Å². The van der Waals surface area contributed by atoms with Gasteiger partial charge in [0, 0.05) is 49.1 Å². The molecule has 0 bridgehead atoms. The topological polar surface area (TPSA) is 111 Å². The fourth-order valence-corrected chi connectivity index (χ4v) is 4.11. The molecular weight excluding hydrogens is 402 g/mol. The third kappa shape index (κ3) is 3.58. The molecule has 0 amide bonds. The van der Waals surface area contributed by atoms with E-state index in [1.807, 2.05) is 36.7 Å². The first-order valence-electron chi connectivity index (χ1n) is 10.8. The number of nitrogens with zero attached hydrogens (tertiary/aromatic N) is 3. The van der Waals surface area contributed by atoms with Gasteiger partial charge in [0.15, 0.2) is 0 Å². The Labute approximate surface area is 184 Å². The first kappa shape index (κ1) is 18.6. The molecule has 0 aliphatic carbocycles. The molecule has 1 aliphatic heterocycles. The summed E-state index contributed by atoms with van der Waals surface area (Å²) in [5.41, 5.74) is 5.03. The molecule has 0 saturated carbocycles. The van der Waals surface area contributed by atoms with Crippen molar-refractivity contribution in [2.24, 2.45) is 0 Å². The van der Waals surface area contributed by atoms with Crippen LogP contribution in [0.2, 0.25) is 0 Å². The van der Waals surface area contributed by atoms with Crippen LogP contribution in [0.5, 0.6) is 0 Å². The van der Waals surface area contributed by atoms with Crippen LogP contribution in [0.1, 0.15) is 0 Å².